The summed E-state index contributed by atoms with van der Waals surface area (Å²) in [6.07, 6.45) is 5.82. The predicted octanol–water partition coefficient (Wildman–Crippen LogP) is 2.30. The van der Waals surface area contributed by atoms with Crippen LogP contribution in [0.4, 0.5) is 0 Å². The van der Waals surface area contributed by atoms with Crippen molar-refractivity contribution in [3.8, 4) is 0 Å². The molecule has 0 bridgehead atoms. The lowest BCUT2D eigenvalue weighted by atomic mass is 10.0. The van der Waals surface area contributed by atoms with Crippen LogP contribution in [-0.4, -0.2) is 24.1 Å². The van der Waals surface area contributed by atoms with E-state index in [-0.39, 0.29) is 12.4 Å². The van der Waals surface area contributed by atoms with Crippen LogP contribution in [0, 0.1) is 5.92 Å². The van der Waals surface area contributed by atoms with E-state index in [2.05, 4.69) is 17.1 Å². The minimum Gasteiger partial charge on any atom is -0.317 e. The maximum atomic E-state index is 3.41. The Bertz CT molecular complexity index is 122. The number of hydrogen-bond acceptors (Lipinski definition) is 2. The summed E-state index contributed by atoms with van der Waals surface area (Å²) in [5.74, 6) is 2.47. The molecule has 2 aliphatic rings. The molecule has 1 aliphatic carbocycles. The van der Waals surface area contributed by atoms with Crippen LogP contribution in [0.5, 0.6) is 0 Å². The Morgan fingerprint density at radius 2 is 1.75 bits per heavy atom. The highest BCUT2D eigenvalue weighted by Gasteiger charge is 2.23. The maximum absolute atomic E-state index is 3.41. The fourth-order valence-corrected chi connectivity index (χ4v) is 2.90. The first-order chi connectivity index (χ1) is 5.45. The van der Waals surface area contributed by atoms with Gasteiger partial charge in [0.1, 0.15) is 0 Å². The molecule has 3 heteroatoms. The van der Waals surface area contributed by atoms with E-state index in [9.17, 15) is 0 Å². The van der Waals surface area contributed by atoms with E-state index in [4.69, 9.17) is 0 Å². The Labute approximate surface area is 85.5 Å². The van der Waals surface area contributed by atoms with Crippen LogP contribution < -0.4 is 5.32 Å². The van der Waals surface area contributed by atoms with Gasteiger partial charge in [-0.15, -0.1) is 12.4 Å². The molecular weight excluding hydrogens is 190 g/mol. The minimum absolute atomic E-state index is 0. The van der Waals surface area contributed by atoms with Gasteiger partial charge in [-0.05, 0) is 50.4 Å². The third kappa shape index (κ3) is 3.55. The smallest absolute Gasteiger partial charge is 0.00479 e. The van der Waals surface area contributed by atoms with Crippen molar-refractivity contribution in [3.05, 3.63) is 0 Å². The van der Waals surface area contributed by atoms with Crippen molar-refractivity contribution in [2.24, 2.45) is 5.92 Å². The van der Waals surface area contributed by atoms with Gasteiger partial charge in [-0.2, -0.15) is 11.8 Å². The van der Waals surface area contributed by atoms with E-state index in [0.29, 0.717) is 0 Å². The van der Waals surface area contributed by atoms with Crippen LogP contribution in [-0.2, 0) is 0 Å². The number of rotatable bonds is 3. The number of piperidine rings is 1. The van der Waals surface area contributed by atoms with Gasteiger partial charge < -0.3 is 5.32 Å². The van der Waals surface area contributed by atoms with Crippen molar-refractivity contribution in [1.29, 1.82) is 0 Å². The van der Waals surface area contributed by atoms with Gasteiger partial charge in [0.25, 0.3) is 0 Å². The van der Waals surface area contributed by atoms with Crippen LogP contribution in [0.3, 0.4) is 0 Å². The lowest BCUT2D eigenvalue weighted by molar-refractivity contribution is 0.408. The second-order valence-corrected chi connectivity index (χ2v) is 5.06. The summed E-state index contributed by atoms with van der Waals surface area (Å²) in [5.41, 5.74) is 0. The topological polar surface area (TPSA) is 12.0 Å². The highest BCUT2D eigenvalue weighted by atomic mass is 35.5. The molecule has 0 aromatic carbocycles. The summed E-state index contributed by atoms with van der Waals surface area (Å²) >= 11 is 2.22. The van der Waals surface area contributed by atoms with Crippen LogP contribution >= 0.6 is 24.2 Å². The summed E-state index contributed by atoms with van der Waals surface area (Å²) in [7, 11) is 0. The Balaban J connectivity index is 0.000000720. The Hall–Kier alpha value is 0.600. The van der Waals surface area contributed by atoms with Gasteiger partial charge >= 0.3 is 0 Å². The average molecular weight is 208 g/mol. The normalized spacial score (nSPS) is 25.0. The zero-order valence-corrected chi connectivity index (χ0v) is 9.05. The van der Waals surface area contributed by atoms with Crippen LogP contribution in [0.2, 0.25) is 0 Å². The summed E-state index contributed by atoms with van der Waals surface area (Å²) in [6, 6.07) is 0. The molecule has 1 saturated carbocycles. The van der Waals surface area contributed by atoms with Gasteiger partial charge in [0, 0.05) is 5.25 Å². The molecule has 1 nitrogen and oxygen atoms in total. The van der Waals surface area contributed by atoms with Gasteiger partial charge in [0.05, 0.1) is 0 Å². The van der Waals surface area contributed by atoms with Crippen molar-refractivity contribution in [3.63, 3.8) is 0 Å². The average Bonchev–Trinajstić information content (AvgIpc) is 2.86. The number of halogens is 1. The molecule has 2 fully saturated rings. The Morgan fingerprint density at radius 1 is 1.08 bits per heavy atom. The molecule has 1 saturated heterocycles. The first-order valence-electron chi connectivity index (χ1n) is 4.77. The van der Waals surface area contributed by atoms with Crippen molar-refractivity contribution in [2.45, 2.75) is 30.9 Å². The first kappa shape index (κ1) is 10.7. The van der Waals surface area contributed by atoms with Gasteiger partial charge in [-0.25, -0.2) is 0 Å². The monoisotopic (exact) mass is 207 g/mol. The molecule has 0 unspecified atom stereocenters. The maximum Gasteiger partial charge on any atom is 0.00479 e. The largest absolute Gasteiger partial charge is 0.317 e. The Morgan fingerprint density at radius 3 is 2.33 bits per heavy atom. The molecule has 2 rings (SSSR count). The summed E-state index contributed by atoms with van der Waals surface area (Å²) in [6.45, 7) is 2.52. The van der Waals surface area contributed by atoms with Gasteiger partial charge in [-0.3, -0.25) is 0 Å². The molecule has 0 atom stereocenters. The number of thioether (sulfide) groups is 1. The fraction of sp³-hybridized carbons (Fsp3) is 1.00. The van der Waals surface area contributed by atoms with E-state index in [1.807, 2.05) is 0 Å². The molecule has 1 aliphatic heterocycles. The molecular formula is C9H18ClNS. The lowest BCUT2D eigenvalue weighted by Gasteiger charge is -2.21. The quantitative estimate of drug-likeness (QED) is 0.763. The lowest BCUT2D eigenvalue weighted by Crippen LogP contribution is -2.28. The molecule has 0 aromatic rings. The fourth-order valence-electron chi connectivity index (χ4n) is 1.56. The second-order valence-electron chi connectivity index (χ2n) is 3.73. The predicted molar refractivity (Wildman–Crippen MR) is 58.3 cm³/mol. The molecule has 1 N–H and O–H groups in total. The highest BCUT2D eigenvalue weighted by Crippen LogP contribution is 2.36. The standard InChI is InChI=1S/C9H17NS.ClH/c1-2-9(1)11-7-8-3-5-10-6-4-8;/h8-10H,1-7H2;1H. The van der Waals surface area contributed by atoms with E-state index < -0.39 is 0 Å². The Kier molecular flexibility index (Phi) is 4.77. The van der Waals surface area contributed by atoms with E-state index >= 15 is 0 Å². The zero-order chi connectivity index (χ0) is 7.52. The SMILES string of the molecule is C1CC(CSC2CC2)CCN1.Cl. The van der Waals surface area contributed by atoms with Crippen LogP contribution in [0.1, 0.15) is 25.7 Å². The van der Waals surface area contributed by atoms with Gasteiger partial charge in [0.15, 0.2) is 0 Å². The van der Waals surface area contributed by atoms with E-state index in [1.54, 1.807) is 0 Å². The zero-order valence-electron chi connectivity index (χ0n) is 7.42. The minimum atomic E-state index is 0. The molecule has 12 heavy (non-hydrogen) atoms. The molecule has 0 amide bonds. The summed E-state index contributed by atoms with van der Waals surface area (Å²) in [4.78, 5) is 0. The molecule has 0 spiro atoms. The molecule has 72 valence electrons. The molecule has 0 aromatic heterocycles. The van der Waals surface area contributed by atoms with Crippen molar-refractivity contribution in [1.82, 2.24) is 5.32 Å². The van der Waals surface area contributed by atoms with E-state index in [0.717, 1.165) is 11.2 Å². The second kappa shape index (κ2) is 5.36. The van der Waals surface area contributed by atoms with Crippen molar-refractivity contribution < 1.29 is 0 Å². The van der Waals surface area contributed by atoms with Gasteiger partial charge in [0.2, 0.25) is 0 Å². The highest BCUT2D eigenvalue weighted by molar-refractivity contribution is 8.00. The molecule has 1 heterocycles. The molecule has 0 radical (unpaired) electrons. The number of hydrogen-bond donors (Lipinski definition) is 1. The van der Waals surface area contributed by atoms with Crippen molar-refractivity contribution >= 4 is 24.2 Å². The summed E-state index contributed by atoms with van der Waals surface area (Å²) < 4.78 is 0. The third-order valence-corrected chi connectivity index (χ3v) is 4.16. The third-order valence-electron chi connectivity index (χ3n) is 2.55. The van der Waals surface area contributed by atoms with E-state index in [1.165, 1.54) is 44.5 Å². The van der Waals surface area contributed by atoms with Crippen molar-refractivity contribution in [2.75, 3.05) is 18.8 Å². The first-order valence-corrected chi connectivity index (χ1v) is 5.82. The summed E-state index contributed by atoms with van der Waals surface area (Å²) in [5, 5.41) is 4.47. The number of nitrogens with one attached hydrogen (secondary N) is 1. The van der Waals surface area contributed by atoms with Gasteiger partial charge in [-0.1, -0.05) is 0 Å². The van der Waals surface area contributed by atoms with Crippen LogP contribution in [0.15, 0.2) is 0 Å². The van der Waals surface area contributed by atoms with Crippen LogP contribution in [0.25, 0.3) is 0 Å².